The van der Waals surface area contributed by atoms with Crippen LogP contribution < -0.4 is 9.47 Å². The number of benzene rings is 2. The van der Waals surface area contributed by atoms with Crippen molar-refractivity contribution in [1.29, 1.82) is 0 Å². The number of nitrogens with zero attached hydrogens (tertiary/aromatic N) is 2. The summed E-state index contributed by atoms with van der Waals surface area (Å²) in [6.07, 6.45) is 2.72. The van der Waals surface area contributed by atoms with Crippen LogP contribution in [0.15, 0.2) is 41.3 Å². The van der Waals surface area contributed by atoms with Crippen LogP contribution in [-0.4, -0.2) is 50.5 Å². The highest BCUT2D eigenvalue weighted by molar-refractivity contribution is 7.89. The number of piperidine rings is 1. The number of fused-ring (bicyclic) bond motifs is 1. The van der Waals surface area contributed by atoms with Crippen molar-refractivity contribution in [2.45, 2.75) is 30.7 Å². The van der Waals surface area contributed by atoms with Crippen LogP contribution in [0.5, 0.6) is 11.5 Å². The Bertz CT molecular complexity index is 1070. The summed E-state index contributed by atoms with van der Waals surface area (Å²) < 4.78 is 38.1. The summed E-state index contributed by atoms with van der Waals surface area (Å²) in [5.41, 5.74) is 1.03. The molecular weight excluding hydrogens is 428 g/mol. The van der Waals surface area contributed by atoms with E-state index in [0.717, 1.165) is 24.8 Å². The lowest BCUT2D eigenvalue weighted by atomic mass is 10.1. The summed E-state index contributed by atoms with van der Waals surface area (Å²) in [5, 5.41) is 0.218. The number of sulfonamides is 1. The van der Waals surface area contributed by atoms with Crippen molar-refractivity contribution in [2.24, 2.45) is 0 Å². The zero-order valence-electron chi connectivity index (χ0n) is 16.6. The Kier molecular flexibility index (Phi) is 5.90. The van der Waals surface area contributed by atoms with E-state index in [4.69, 9.17) is 21.1 Å². The van der Waals surface area contributed by atoms with Crippen LogP contribution in [0.25, 0.3) is 0 Å². The average molecular weight is 451 g/mol. The molecule has 4 rings (SSSR count). The van der Waals surface area contributed by atoms with E-state index in [9.17, 15) is 13.2 Å². The van der Waals surface area contributed by atoms with Gasteiger partial charge in [-0.3, -0.25) is 4.79 Å². The molecule has 1 amide bonds. The molecule has 160 valence electrons. The van der Waals surface area contributed by atoms with Crippen LogP contribution in [0.2, 0.25) is 5.02 Å². The van der Waals surface area contributed by atoms with Gasteiger partial charge in [0.05, 0.1) is 15.5 Å². The summed E-state index contributed by atoms with van der Waals surface area (Å²) in [6.45, 7) is 1.49. The summed E-state index contributed by atoms with van der Waals surface area (Å²) in [4.78, 5) is 14.6. The summed E-state index contributed by atoms with van der Waals surface area (Å²) in [7, 11) is -2.00. The molecular formula is C21H23ClN2O5S. The molecule has 0 spiro atoms. The predicted molar refractivity (Wildman–Crippen MR) is 112 cm³/mol. The second-order valence-corrected chi connectivity index (χ2v) is 9.80. The van der Waals surface area contributed by atoms with Gasteiger partial charge in [-0.05, 0) is 48.7 Å². The number of halogens is 1. The van der Waals surface area contributed by atoms with Crippen molar-refractivity contribution < 1.29 is 22.7 Å². The molecule has 0 N–H and O–H groups in total. The van der Waals surface area contributed by atoms with Crippen molar-refractivity contribution in [2.75, 3.05) is 26.9 Å². The maximum absolute atomic E-state index is 13.0. The number of rotatable bonds is 5. The Balaban J connectivity index is 1.55. The van der Waals surface area contributed by atoms with Gasteiger partial charge in [0.15, 0.2) is 11.5 Å². The maximum atomic E-state index is 13.0. The first-order chi connectivity index (χ1) is 14.4. The standard InChI is InChI=1S/C21H23ClN2O5S/c1-23(13-15-5-8-19-20(11-15)29-14-28-19)21(25)17-12-16(6-7-18(17)22)30(26,27)24-9-3-2-4-10-24/h5-8,11-12H,2-4,9-10,13-14H2,1H3. The molecule has 0 bridgehead atoms. The van der Waals surface area contributed by atoms with Crippen molar-refractivity contribution in [1.82, 2.24) is 9.21 Å². The van der Waals surface area contributed by atoms with E-state index in [1.807, 2.05) is 12.1 Å². The summed E-state index contributed by atoms with van der Waals surface area (Å²) in [6, 6.07) is 9.79. The molecule has 0 aliphatic carbocycles. The molecule has 2 aliphatic rings. The molecule has 0 radical (unpaired) electrons. The average Bonchev–Trinajstić information content (AvgIpc) is 3.22. The molecule has 7 nitrogen and oxygen atoms in total. The zero-order chi connectivity index (χ0) is 21.3. The van der Waals surface area contributed by atoms with Gasteiger partial charge in [0.2, 0.25) is 16.8 Å². The summed E-state index contributed by atoms with van der Waals surface area (Å²) >= 11 is 6.26. The first-order valence-corrected chi connectivity index (χ1v) is 11.6. The molecule has 2 aromatic rings. The molecule has 0 unspecified atom stereocenters. The first-order valence-electron chi connectivity index (χ1n) is 9.80. The molecule has 0 saturated carbocycles. The SMILES string of the molecule is CN(Cc1ccc2c(c1)OCO2)C(=O)c1cc(S(=O)(=O)N2CCCCC2)ccc1Cl. The molecule has 1 saturated heterocycles. The van der Waals surface area contributed by atoms with Crippen molar-refractivity contribution in [3.8, 4) is 11.5 Å². The third-order valence-corrected chi connectivity index (χ3v) is 7.55. The molecule has 0 aromatic heterocycles. The van der Waals surface area contributed by atoms with Gasteiger partial charge >= 0.3 is 0 Å². The number of amides is 1. The molecule has 2 aliphatic heterocycles. The van der Waals surface area contributed by atoms with Crippen LogP contribution in [0.4, 0.5) is 0 Å². The minimum atomic E-state index is -3.65. The third-order valence-electron chi connectivity index (χ3n) is 5.32. The van der Waals surface area contributed by atoms with Gasteiger partial charge in [-0.1, -0.05) is 24.1 Å². The van der Waals surface area contributed by atoms with E-state index in [2.05, 4.69) is 0 Å². The second-order valence-electron chi connectivity index (χ2n) is 7.46. The number of carbonyl (C=O) groups excluding carboxylic acids is 1. The quantitative estimate of drug-likeness (QED) is 0.696. The van der Waals surface area contributed by atoms with Gasteiger partial charge in [-0.15, -0.1) is 0 Å². The minimum absolute atomic E-state index is 0.0913. The summed E-state index contributed by atoms with van der Waals surface area (Å²) in [5.74, 6) is 0.959. The van der Waals surface area contributed by atoms with Crippen LogP contribution in [0.1, 0.15) is 35.2 Å². The monoisotopic (exact) mass is 450 g/mol. The fraction of sp³-hybridized carbons (Fsp3) is 0.381. The fourth-order valence-electron chi connectivity index (χ4n) is 3.67. The lowest BCUT2D eigenvalue weighted by molar-refractivity contribution is 0.0785. The highest BCUT2D eigenvalue weighted by Crippen LogP contribution is 2.33. The van der Waals surface area contributed by atoms with Gasteiger partial charge in [-0.25, -0.2) is 8.42 Å². The van der Waals surface area contributed by atoms with Crippen LogP contribution in [0.3, 0.4) is 0 Å². The lowest BCUT2D eigenvalue weighted by Gasteiger charge is -2.26. The van der Waals surface area contributed by atoms with Crippen molar-refractivity contribution in [3.05, 3.63) is 52.5 Å². The topological polar surface area (TPSA) is 76.1 Å². The Morgan fingerprint density at radius 3 is 2.57 bits per heavy atom. The van der Waals surface area contributed by atoms with Crippen molar-refractivity contribution in [3.63, 3.8) is 0 Å². The number of ether oxygens (including phenoxy) is 2. The van der Waals surface area contributed by atoms with E-state index in [-0.39, 0.29) is 28.2 Å². The van der Waals surface area contributed by atoms with Gasteiger partial charge in [0.25, 0.3) is 5.91 Å². The van der Waals surface area contributed by atoms with E-state index < -0.39 is 10.0 Å². The molecule has 9 heteroatoms. The smallest absolute Gasteiger partial charge is 0.255 e. The Hall–Kier alpha value is -2.29. The number of carbonyl (C=O) groups is 1. The lowest BCUT2D eigenvalue weighted by Crippen LogP contribution is -2.35. The Labute approximate surface area is 181 Å². The molecule has 2 aromatic carbocycles. The van der Waals surface area contributed by atoms with Gasteiger partial charge < -0.3 is 14.4 Å². The number of hydrogen-bond donors (Lipinski definition) is 0. The largest absolute Gasteiger partial charge is 0.454 e. The molecule has 1 fully saturated rings. The van der Waals surface area contributed by atoms with Gasteiger partial charge in [0.1, 0.15) is 0 Å². The van der Waals surface area contributed by atoms with E-state index in [1.54, 1.807) is 13.1 Å². The van der Waals surface area contributed by atoms with Gasteiger partial charge in [-0.2, -0.15) is 4.31 Å². The fourth-order valence-corrected chi connectivity index (χ4v) is 5.42. The zero-order valence-corrected chi connectivity index (χ0v) is 18.2. The highest BCUT2D eigenvalue weighted by Gasteiger charge is 2.28. The highest BCUT2D eigenvalue weighted by atomic mass is 35.5. The van der Waals surface area contributed by atoms with Crippen molar-refractivity contribution >= 4 is 27.5 Å². The molecule has 2 heterocycles. The molecule has 0 atom stereocenters. The van der Waals surface area contributed by atoms with Gasteiger partial charge in [0, 0.05) is 26.7 Å². The maximum Gasteiger partial charge on any atom is 0.255 e. The minimum Gasteiger partial charge on any atom is -0.454 e. The first kappa shape index (κ1) is 21.0. The Morgan fingerprint density at radius 2 is 1.80 bits per heavy atom. The Morgan fingerprint density at radius 1 is 1.07 bits per heavy atom. The molecule has 30 heavy (non-hydrogen) atoms. The van der Waals surface area contributed by atoms with Crippen LogP contribution in [-0.2, 0) is 16.6 Å². The predicted octanol–water partition coefficient (Wildman–Crippen LogP) is 3.52. The second kappa shape index (κ2) is 8.45. The van der Waals surface area contributed by atoms with E-state index in [1.165, 1.54) is 27.4 Å². The normalized spacial score (nSPS) is 16.5. The van der Waals surface area contributed by atoms with E-state index >= 15 is 0 Å². The number of hydrogen-bond acceptors (Lipinski definition) is 5. The van der Waals surface area contributed by atoms with Crippen LogP contribution >= 0.6 is 11.6 Å². The van der Waals surface area contributed by atoms with Crippen LogP contribution in [0, 0.1) is 0 Å². The van der Waals surface area contributed by atoms with E-state index in [0.29, 0.717) is 31.1 Å². The third kappa shape index (κ3) is 4.12.